The minimum Gasteiger partial charge on any atom is -0.392 e. The van der Waals surface area contributed by atoms with Gasteiger partial charge in [0.15, 0.2) is 0 Å². The van der Waals surface area contributed by atoms with Gasteiger partial charge in [0.1, 0.15) is 0 Å². The molecule has 2 atom stereocenters. The molecule has 0 aromatic rings. The van der Waals surface area contributed by atoms with Crippen LogP contribution in [0.4, 0.5) is 0 Å². The van der Waals surface area contributed by atoms with E-state index in [9.17, 15) is 9.90 Å². The van der Waals surface area contributed by atoms with Crippen LogP contribution in [0.2, 0.25) is 0 Å². The van der Waals surface area contributed by atoms with Crippen LogP contribution in [-0.2, 0) is 4.79 Å². The van der Waals surface area contributed by atoms with Crippen molar-refractivity contribution in [1.29, 1.82) is 0 Å². The molecule has 10 heavy (non-hydrogen) atoms. The molecule has 58 valence electrons. The van der Waals surface area contributed by atoms with Crippen LogP contribution >= 0.6 is 0 Å². The average Bonchev–Trinajstić information content (AvgIpc) is 1.88. The summed E-state index contributed by atoms with van der Waals surface area (Å²) in [6.07, 6.45) is 3.05. The molecule has 3 heteroatoms. The molecule has 1 amide bonds. The van der Waals surface area contributed by atoms with E-state index in [2.05, 4.69) is 0 Å². The maximum Gasteiger partial charge on any atom is 0.223 e. The average molecular weight is 143 g/mol. The van der Waals surface area contributed by atoms with Crippen LogP contribution in [0.1, 0.15) is 25.7 Å². The zero-order valence-corrected chi connectivity index (χ0v) is 5.92. The summed E-state index contributed by atoms with van der Waals surface area (Å²) in [7, 11) is 0. The fourth-order valence-electron chi connectivity index (χ4n) is 1.44. The van der Waals surface area contributed by atoms with Gasteiger partial charge in [0, 0.05) is 0 Å². The predicted molar refractivity (Wildman–Crippen MR) is 37.2 cm³/mol. The quantitative estimate of drug-likeness (QED) is 0.543. The Balaban J connectivity index is 2.47. The number of rotatable bonds is 1. The standard InChI is InChI=1S/C7H13NO2/c8-7(10)5-3-1-2-4-6(5)9/h5-6,9H,1-4H2,(H2,8,10)/t5?,6-/m0/s1. The number of carbonyl (C=O) groups excluding carboxylic acids is 1. The number of nitrogens with two attached hydrogens (primary N) is 1. The molecule has 1 fully saturated rings. The van der Waals surface area contributed by atoms with Crippen LogP contribution in [-0.4, -0.2) is 17.1 Å². The van der Waals surface area contributed by atoms with Gasteiger partial charge in [-0.05, 0) is 12.8 Å². The molecule has 0 saturated heterocycles. The fourth-order valence-corrected chi connectivity index (χ4v) is 1.44. The van der Waals surface area contributed by atoms with Crippen molar-refractivity contribution < 1.29 is 9.90 Å². The molecule has 3 N–H and O–H groups in total. The van der Waals surface area contributed by atoms with Crippen LogP contribution in [0.5, 0.6) is 0 Å². The van der Waals surface area contributed by atoms with Crippen molar-refractivity contribution in [2.24, 2.45) is 11.7 Å². The molecule has 1 saturated carbocycles. The van der Waals surface area contributed by atoms with E-state index in [-0.39, 0.29) is 11.8 Å². The highest BCUT2D eigenvalue weighted by Gasteiger charge is 2.26. The Morgan fingerprint density at radius 2 is 2.00 bits per heavy atom. The minimum absolute atomic E-state index is 0.284. The fraction of sp³-hybridized carbons (Fsp3) is 0.857. The Morgan fingerprint density at radius 3 is 2.40 bits per heavy atom. The lowest BCUT2D eigenvalue weighted by molar-refractivity contribution is -0.126. The first-order valence-corrected chi connectivity index (χ1v) is 3.69. The lowest BCUT2D eigenvalue weighted by Gasteiger charge is -2.24. The first kappa shape index (κ1) is 7.54. The van der Waals surface area contributed by atoms with Gasteiger partial charge in [-0.25, -0.2) is 0 Å². The molecule has 1 aliphatic rings. The van der Waals surface area contributed by atoms with E-state index in [0.717, 1.165) is 25.7 Å². The second-order valence-corrected chi connectivity index (χ2v) is 2.86. The van der Waals surface area contributed by atoms with Gasteiger partial charge in [-0.2, -0.15) is 0 Å². The van der Waals surface area contributed by atoms with Gasteiger partial charge < -0.3 is 10.8 Å². The van der Waals surface area contributed by atoms with Gasteiger partial charge in [0.25, 0.3) is 0 Å². The highest BCUT2D eigenvalue weighted by Crippen LogP contribution is 2.23. The van der Waals surface area contributed by atoms with Gasteiger partial charge >= 0.3 is 0 Å². The smallest absolute Gasteiger partial charge is 0.223 e. The highest BCUT2D eigenvalue weighted by atomic mass is 16.3. The maximum absolute atomic E-state index is 10.6. The zero-order valence-electron chi connectivity index (χ0n) is 5.92. The third-order valence-electron chi connectivity index (χ3n) is 2.09. The number of hydrogen-bond acceptors (Lipinski definition) is 2. The molecule has 0 spiro atoms. The lowest BCUT2D eigenvalue weighted by atomic mass is 9.86. The first-order valence-electron chi connectivity index (χ1n) is 3.69. The van der Waals surface area contributed by atoms with Gasteiger partial charge in [0.2, 0.25) is 5.91 Å². The Hall–Kier alpha value is -0.570. The lowest BCUT2D eigenvalue weighted by Crippen LogP contribution is -2.35. The first-order chi connectivity index (χ1) is 4.72. The van der Waals surface area contributed by atoms with Crippen molar-refractivity contribution in [3.05, 3.63) is 0 Å². The van der Waals surface area contributed by atoms with Crippen molar-refractivity contribution in [2.45, 2.75) is 31.8 Å². The highest BCUT2D eigenvalue weighted by molar-refractivity contribution is 5.77. The number of primary amides is 1. The topological polar surface area (TPSA) is 63.3 Å². The van der Waals surface area contributed by atoms with E-state index in [4.69, 9.17) is 5.73 Å². The molecule has 1 rings (SSSR count). The van der Waals surface area contributed by atoms with Crippen LogP contribution in [0.25, 0.3) is 0 Å². The van der Waals surface area contributed by atoms with E-state index < -0.39 is 6.10 Å². The van der Waals surface area contributed by atoms with Crippen LogP contribution in [0.15, 0.2) is 0 Å². The molecular formula is C7H13NO2. The number of carbonyl (C=O) groups is 1. The molecule has 0 aromatic carbocycles. The summed E-state index contributed by atoms with van der Waals surface area (Å²) in [5, 5.41) is 9.24. The number of amides is 1. The SMILES string of the molecule is NC(=O)C1CCCC[C@@H]1O. The molecule has 3 nitrogen and oxygen atoms in total. The second-order valence-electron chi connectivity index (χ2n) is 2.86. The van der Waals surface area contributed by atoms with Gasteiger partial charge in [-0.15, -0.1) is 0 Å². The number of aliphatic hydroxyl groups is 1. The van der Waals surface area contributed by atoms with E-state index >= 15 is 0 Å². The van der Waals surface area contributed by atoms with Crippen molar-refractivity contribution in [3.63, 3.8) is 0 Å². The molecule has 0 heterocycles. The summed E-state index contributed by atoms with van der Waals surface area (Å²) in [5.74, 6) is -0.638. The number of aliphatic hydroxyl groups excluding tert-OH is 1. The molecule has 0 radical (unpaired) electrons. The molecule has 1 aliphatic carbocycles. The summed E-state index contributed by atoms with van der Waals surface area (Å²) in [6, 6.07) is 0. The zero-order chi connectivity index (χ0) is 7.56. The van der Waals surface area contributed by atoms with Crippen molar-refractivity contribution in [1.82, 2.24) is 0 Å². The van der Waals surface area contributed by atoms with E-state index in [1.54, 1.807) is 0 Å². The Bertz CT molecular complexity index is 136. The van der Waals surface area contributed by atoms with E-state index in [0.29, 0.717) is 0 Å². The van der Waals surface area contributed by atoms with Crippen LogP contribution in [0, 0.1) is 5.92 Å². The summed E-state index contributed by atoms with van der Waals surface area (Å²) in [4.78, 5) is 10.6. The van der Waals surface area contributed by atoms with Crippen LogP contribution < -0.4 is 5.73 Å². The summed E-state index contributed by atoms with van der Waals surface area (Å²) < 4.78 is 0. The molecule has 1 unspecified atom stereocenters. The third kappa shape index (κ3) is 1.48. The largest absolute Gasteiger partial charge is 0.392 e. The van der Waals surface area contributed by atoms with E-state index in [1.807, 2.05) is 0 Å². The molecule has 0 aromatic heterocycles. The van der Waals surface area contributed by atoms with Crippen molar-refractivity contribution in [2.75, 3.05) is 0 Å². The van der Waals surface area contributed by atoms with Crippen molar-refractivity contribution >= 4 is 5.91 Å². The van der Waals surface area contributed by atoms with Gasteiger partial charge in [0.05, 0.1) is 12.0 Å². The van der Waals surface area contributed by atoms with E-state index in [1.165, 1.54) is 0 Å². The molecule has 0 bridgehead atoms. The predicted octanol–water partition coefficient (Wildman–Crippen LogP) is 0.0228. The van der Waals surface area contributed by atoms with Gasteiger partial charge in [-0.3, -0.25) is 4.79 Å². The molecular weight excluding hydrogens is 130 g/mol. The minimum atomic E-state index is -0.480. The Labute approximate surface area is 60.2 Å². The molecule has 0 aliphatic heterocycles. The Kier molecular flexibility index (Phi) is 2.27. The maximum atomic E-state index is 10.6. The summed E-state index contributed by atoms with van der Waals surface area (Å²) >= 11 is 0. The Morgan fingerprint density at radius 1 is 1.40 bits per heavy atom. The number of hydrogen-bond donors (Lipinski definition) is 2. The third-order valence-corrected chi connectivity index (χ3v) is 2.09. The second kappa shape index (κ2) is 3.01. The monoisotopic (exact) mass is 143 g/mol. The normalized spacial score (nSPS) is 33.7. The van der Waals surface area contributed by atoms with Gasteiger partial charge in [-0.1, -0.05) is 12.8 Å². The van der Waals surface area contributed by atoms with Crippen molar-refractivity contribution in [3.8, 4) is 0 Å². The summed E-state index contributed by atoms with van der Waals surface area (Å²) in [5.41, 5.74) is 5.06. The summed E-state index contributed by atoms with van der Waals surface area (Å²) in [6.45, 7) is 0. The van der Waals surface area contributed by atoms with Crippen LogP contribution in [0.3, 0.4) is 0 Å².